The summed E-state index contributed by atoms with van der Waals surface area (Å²) in [5, 5.41) is 8.48. The second-order valence-electron chi connectivity index (χ2n) is 6.07. The Morgan fingerprint density at radius 3 is 2.12 bits per heavy atom. The fourth-order valence-electron chi connectivity index (χ4n) is 2.78. The van der Waals surface area contributed by atoms with E-state index >= 15 is 0 Å². The van der Waals surface area contributed by atoms with Crippen molar-refractivity contribution >= 4 is 11.7 Å². The van der Waals surface area contributed by atoms with Crippen molar-refractivity contribution in [3.05, 3.63) is 53.7 Å². The highest BCUT2D eigenvalue weighted by Gasteiger charge is 2.17. The number of hydrogen-bond donors (Lipinski definition) is 0. The largest absolute Gasteiger partial charge is 0.355 e. The van der Waals surface area contributed by atoms with E-state index in [1.54, 1.807) is 11.0 Å². The first-order valence-electron chi connectivity index (χ1n) is 9.11. The van der Waals surface area contributed by atoms with E-state index in [0.717, 1.165) is 37.3 Å². The van der Waals surface area contributed by atoms with Gasteiger partial charge in [0.25, 0.3) is 5.91 Å². The summed E-state index contributed by atoms with van der Waals surface area (Å²) >= 11 is 0. The van der Waals surface area contributed by atoms with Crippen LogP contribution in [0.4, 0.5) is 5.82 Å². The molecule has 1 amide bonds. The average molecular weight is 340 g/mol. The van der Waals surface area contributed by atoms with Crippen molar-refractivity contribution in [2.24, 2.45) is 0 Å². The van der Waals surface area contributed by atoms with Crippen LogP contribution in [-0.4, -0.2) is 40.6 Å². The smallest absolute Gasteiger partial charge is 0.274 e. The molecule has 2 aromatic rings. The minimum atomic E-state index is -0.0806. The van der Waals surface area contributed by atoms with Crippen LogP contribution >= 0.6 is 0 Å². The number of hydrogen-bond acceptors (Lipinski definition) is 4. The molecule has 5 heteroatoms. The number of nitrogens with zero attached hydrogens (tertiary/aromatic N) is 4. The molecule has 0 aliphatic heterocycles. The fourth-order valence-corrected chi connectivity index (χ4v) is 2.78. The standard InChI is InChI=1S/C20H28N4O/c1-4-14-24(15-5-2)19-13-12-18(21-22-19)20(25)23(6-3)16-17-10-8-7-9-11-17/h7-13H,4-6,14-16H2,1-3H3. The number of rotatable bonds is 9. The lowest BCUT2D eigenvalue weighted by molar-refractivity contribution is 0.0745. The van der Waals surface area contributed by atoms with E-state index in [-0.39, 0.29) is 5.91 Å². The number of carbonyl (C=O) groups is 1. The number of anilines is 1. The third-order valence-corrected chi connectivity index (χ3v) is 4.07. The van der Waals surface area contributed by atoms with Gasteiger partial charge in [0.2, 0.25) is 0 Å². The minimum Gasteiger partial charge on any atom is -0.355 e. The molecule has 0 aliphatic rings. The molecule has 0 N–H and O–H groups in total. The normalized spacial score (nSPS) is 10.5. The van der Waals surface area contributed by atoms with Crippen molar-refractivity contribution < 1.29 is 4.79 Å². The Kier molecular flexibility index (Phi) is 7.38. The molecule has 0 bridgehead atoms. The molecule has 0 spiro atoms. The van der Waals surface area contributed by atoms with Crippen molar-refractivity contribution in [1.29, 1.82) is 0 Å². The Morgan fingerprint density at radius 2 is 1.60 bits per heavy atom. The third kappa shape index (κ3) is 5.28. The van der Waals surface area contributed by atoms with Crippen LogP contribution in [0.2, 0.25) is 0 Å². The summed E-state index contributed by atoms with van der Waals surface area (Å²) in [5.74, 6) is 0.759. The topological polar surface area (TPSA) is 49.3 Å². The predicted molar refractivity (Wildman–Crippen MR) is 102 cm³/mol. The maximum absolute atomic E-state index is 12.7. The van der Waals surface area contributed by atoms with Crippen LogP contribution in [0.3, 0.4) is 0 Å². The van der Waals surface area contributed by atoms with Crippen molar-refractivity contribution in [1.82, 2.24) is 15.1 Å². The monoisotopic (exact) mass is 340 g/mol. The van der Waals surface area contributed by atoms with Crippen LogP contribution in [0.25, 0.3) is 0 Å². The molecule has 0 radical (unpaired) electrons. The molecular weight excluding hydrogens is 312 g/mol. The quantitative estimate of drug-likeness (QED) is 0.697. The van der Waals surface area contributed by atoms with Crippen molar-refractivity contribution in [2.75, 3.05) is 24.5 Å². The molecule has 1 aromatic carbocycles. The van der Waals surface area contributed by atoms with Gasteiger partial charge in [-0.25, -0.2) is 0 Å². The van der Waals surface area contributed by atoms with Gasteiger partial charge in [-0.2, -0.15) is 0 Å². The van der Waals surface area contributed by atoms with Crippen LogP contribution in [0.5, 0.6) is 0 Å². The van der Waals surface area contributed by atoms with Gasteiger partial charge in [0.15, 0.2) is 11.5 Å². The lowest BCUT2D eigenvalue weighted by atomic mass is 10.2. The Bertz CT molecular complexity index is 637. The number of amides is 1. The highest BCUT2D eigenvalue weighted by Crippen LogP contribution is 2.13. The molecule has 5 nitrogen and oxygen atoms in total. The van der Waals surface area contributed by atoms with Gasteiger partial charge in [-0.3, -0.25) is 4.79 Å². The fraction of sp³-hybridized carbons (Fsp3) is 0.450. The third-order valence-electron chi connectivity index (χ3n) is 4.07. The first kappa shape index (κ1) is 18.9. The number of benzene rings is 1. The van der Waals surface area contributed by atoms with Crippen molar-refractivity contribution in [3.63, 3.8) is 0 Å². The molecule has 25 heavy (non-hydrogen) atoms. The zero-order valence-electron chi connectivity index (χ0n) is 15.5. The molecule has 0 saturated carbocycles. The molecule has 0 saturated heterocycles. The lowest BCUT2D eigenvalue weighted by Gasteiger charge is -2.23. The van der Waals surface area contributed by atoms with Crippen LogP contribution in [-0.2, 0) is 6.54 Å². The second-order valence-corrected chi connectivity index (χ2v) is 6.07. The Hall–Kier alpha value is -2.43. The Balaban J connectivity index is 2.10. The molecule has 134 valence electrons. The number of carbonyl (C=O) groups excluding carboxylic acids is 1. The van der Waals surface area contributed by atoms with E-state index in [2.05, 4.69) is 28.9 Å². The van der Waals surface area contributed by atoms with Crippen molar-refractivity contribution in [3.8, 4) is 0 Å². The Morgan fingerprint density at radius 1 is 0.920 bits per heavy atom. The maximum atomic E-state index is 12.7. The van der Waals surface area contributed by atoms with E-state index in [1.165, 1.54) is 0 Å². The number of aromatic nitrogens is 2. The van der Waals surface area contributed by atoms with Gasteiger partial charge in [-0.1, -0.05) is 44.2 Å². The van der Waals surface area contributed by atoms with Crippen molar-refractivity contribution in [2.45, 2.75) is 40.2 Å². The molecule has 0 aliphatic carbocycles. The molecular formula is C20H28N4O. The molecule has 0 fully saturated rings. The summed E-state index contributed by atoms with van der Waals surface area (Å²) in [5.41, 5.74) is 1.51. The van der Waals surface area contributed by atoms with E-state index in [1.807, 2.05) is 43.3 Å². The molecule has 0 atom stereocenters. The van der Waals surface area contributed by atoms with Gasteiger partial charge in [-0.15, -0.1) is 10.2 Å². The first-order chi connectivity index (χ1) is 12.2. The summed E-state index contributed by atoms with van der Waals surface area (Å²) in [4.78, 5) is 16.7. The summed E-state index contributed by atoms with van der Waals surface area (Å²) in [6.07, 6.45) is 2.12. The highest BCUT2D eigenvalue weighted by molar-refractivity contribution is 5.92. The van der Waals surface area contributed by atoms with Crippen LogP contribution in [0.1, 0.15) is 49.7 Å². The zero-order valence-corrected chi connectivity index (χ0v) is 15.5. The summed E-state index contributed by atoms with van der Waals surface area (Å²) in [7, 11) is 0. The Labute approximate surface area is 150 Å². The van der Waals surface area contributed by atoms with E-state index in [0.29, 0.717) is 18.8 Å². The van der Waals surface area contributed by atoms with E-state index in [9.17, 15) is 4.79 Å². The van der Waals surface area contributed by atoms with Gasteiger partial charge in [0, 0.05) is 26.2 Å². The second kappa shape index (κ2) is 9.77. The highest BCUT2D eigenvalue weighted by atomic mass is 16.2. The molecule has 0 unspecified atom stereocenters. The maximum Gasteiger partial charge on any atom is 0.274 e. The molecule has 1 aromatic heterocycles. The predicted octanol–water partition coefficient (Wildman–Crippen LogP) is 3.77. The molecule has 2 rings (SSSR count). The summed E-state index contributed by atoms with van der Waals surface area (Å²) < 4.78 is 0. The van der Waals surface area contributed by atoms with Gasteiger partial charge >= 0.3 is 0 Å². The van der Waals surface area contributed by atoms with Gasteiger partial charge < -0.3 is 9.80 Å². The van der Waals surface area contributed by atoms with Gasteiger partial charge in [0.05, 0.1) is 0 Å². The summed E-state index contributed by atoms with van der Waals surface area (Å²) in [6.45, 7) is 9.39. The summed E-state index contributed by atoms with van der Waals surface area (Å²) in [6, 6.07) is 13.7. The van der Waals surface area contributed by atoms with Crippen LogP contribution in [0.15, 0.2) is 42.5 Å². The first-order valence-corrected chi connectivity index (χ1v) is 9.11. The average Bonchev–Trinajstić information content (AvgIpc) is 2.66. The minimum absolute atomic E-state index is 0.0806. The van der Waals surface area contributed by atoms with Gasteiger partial charge in [0.1, 0.15) is 0 Å². The zero-order chi connectivity index (χ0) is 18.1. The SMILES string of the molecule is CCCN(CCC)c1ccc(C(=O)N(CC)Cc2ccccc2)nn1. The van der Waals surface area contributed by atoms with E-state index < -0.39 is 0 Å². The molecule has 1 heterocycles. The van der Waals surface area contributed by atoms with Gasteiger partial charge in [-0.05, 0) is 37.5 Å². The van der Waals surface area contributed by atoms with Crippen LogP contribution < -0.4 is 4.90 Å². The van der Waals surface area contributed by atoms with E-state index in [4.69, 9.17) is 0 Å². The van der Waals surface area contributed by atoms with Crippen LogP contribution in [0, 0.1) is 0 Å². The lowest BCUT2D eigenvalue weighted by Crippen LogP contribution is -2.31.